The van der Waals surface area contributed by atoms with Crippen molar-refractivity contribution in [1.29, 1.82) is 0 Å². The standard InChI is InChI=1S/C14H21NO3/c1-10-9-11(5-7-13(10)18-4)12(16)6-8-14(17)15(2)3/h5,7,9,12,16H,6,8H2,1-4H3. The molecule has 1 rings (SSSR count). The summed E-state index contributed by atoms with van der Waals surface area (Å²) in [5, 5.41) is 10.0. The summed E-state index contributed by atoms with van der Waals surface area (Å²) >= 11 is 0. The monoisotopic (exact) mass is 251 g/mol. The molecule has 1 unspecified atom stereocenters. The molecule has 0 aliphatic carbocycles. The zero-order valence-corrected chi connectivity index (χ0v) is 11.4. The number of carbonyl (C=O) groups excluding carboxylic acids is 1. The van der Waals surface area contributed by atoms with Crippen LogP contribution in [0, 0.1) is 6.92 Å². The number of aliphatic hydroxyl groups excluding tert-OH is 1. The fourth-order valence-corrected chi connectivity index (χ4v) is 1.76. The maximum atomic E-state index is 11.4. The van der Waals surface area contributed by atoms with Crippen molar-refractivity contribution in [2.45, 2.75) is 25.9 Å². The second-order valence-corrected chi connectivity index (χ2v) is 4.57. The molecule has 0 aliphatic rings. The van der Waals surface area contributed by atoms with Crippen molar-refractivity contribution in [2.24, 2.45) is 0 Å². The molecule has 1 amide bonds. The van der Waals surface area contributed by atoms with Crippen molar-refractivity contribution in [3.05, 3.63) is 29.3 Å². The molecule has 1 atom stereocenters. The Bertz CT molecular complexity index is 416. The molecule has 0 spiro atoms. The normalized spacial score (nSPS) is 12.1. The van der Waals surface area contributed by atoms with Crippen molar-refractivity contribution in [2.75, 3.05) is 21.2 Å². The topological polar surface area (TPSA) is 49.8 Å². The van der Waals surface area contributed by atoms with E-state index >= 15 is 0 Å². The average Bonchev–Trinajstić information content (AvgIpc) is 2.35. The lowest BCUT2D eigenvalue weighted by atomic mass is 10.0. The number of methoxy groups -OCH3 is 1. The summed E-state index contributed by atoms with van der Waals surface area (Å²) in [6.07, 6.45) is 0.167. The van der Waals surface area contributed by atoms with Crippen LogP contribution in [0.1, 0.15) is 30.1 Å². The summed E-state index contributed by atoms with van der Waals surface area (Å²) in [4.78, 5) is 13.0. The van der Waals surface area contributed by atoms with Gasteiger partial charge in [0, 0.05) is 20.5 Å². The van der Waals surface area contributed by atoms with Crippen LogP contribution in [-0.4, -0.2) is 37.1 Å². The molecule has 0 aliphatic heterocycles. The van der Waals surface area contributed by atoms with Crippen LogP contribution < -0.4 is 4.74 Å². The fourth-order valence-electron chi connectivity index (χ4n) is 1.76. The zero-order chi connectivity index (χ0) is 13.7. The van der Waals surface area contributed by atoms with E-state index < -0.39 is 6.10 Å². The van der Waals surface area contributed by atoms with E-state index in [-0.39, 0.29) is 5.91 Å². The predicted octanol–water partition coefficient (Wildman–Crippen LogP) is 1.91. The molecule has 0 heterocycles. The minimum absolute atomic E-state index is 0.0271. The highest BCUT2D eigenvalue weighted by atomic mass is 16.5. The number of nitrogens with zero attached hydrogens (tertiary/aromatic N) is 1. The Balaban J connectivity index is 2.64. The molecule has 1 N–H and O–H groups in total. The molecule has 0 saturated heterocycles. The van der Waals surface area contributed by atoms with Crippen molar-refractivity contribution < 1.29 is 14.6 Å². The number of aliphatic hydroxyl groups is 1. The van der Waals surface area contributed by atoms with E-state index in [0.29, 0.717) is 12.8 Å². The summed E-state index contributed by atoms with van der Waals surface area (Å²) in [5.41, 5.74) is 1.80. The van der Waals surface area contributed by atoms with Gasteiger partial charge in [0.1, 0.15) is 5.75 Å². The number of amides is 1. The first-order valence-electron chi connectivity index (χ1n) is 5.98. The lowest BCUT2D eigenvalue weighted by Gasteiger charge is -2.15. The lowest BCUT2D eigenvalue weighted by molar-refractivity contribution is -0.129. The summed E-state index contributed by atoms with van der Waals surface area (Å²) in [7, 11) is 5.05. The minimum atomic E-state index is -0.612. The van der Waals surface area contributed by atoms with Gasteiger partial charge in [0.15, 0.2) is 0 Å². The Morgan fingerprint density at radius 2 is 2.11 bits per heavy atom. The Morgan fingerprint density at radius 1 is 1.44 bits per heavy atom. The molecule has 0 aromatic heterocycles. The van der Waals surface area contributed by atoms with Crippen molar-refractivity contribution in [1.82, 2.24) is 4.90 Å². The van der Waals surface area contributed by atoms with Crippen LogP contribution in [0.2, 0.25) is 0 Å². The second-order valence-electron chi connectivity index (χ2n) is 4.57. The van der Waals surface area contributed by atoms with E-state index in [4.69, 9.17) is 4.74 Å². The van der Waals surface area contributed by atoms with Gasteiger partial charge in [-0.2, -0.15) is 0 Å². The van der Waals surface area contributed by atoms with Gasteiger partial charge in [-0.15, -0.1) is 0 Å². The highest BCUT2D eigenvalue weighted by molar-refractivity contribution is 5.75. The SMILES string of the molecule is COc1ccc(C(O)CCC(=O)N(C)C)cc1C. The number of benzene rings is 1. The van der Waals surface area contributed by atoms with Gasteiger partial charge >= 0.3 is 0 Å². The highest BCUT2D eigenvalue weighted by Crippen LogP contribution is 2.24. The third-order valence-electron chi connectivity index (χ3n) is 2.93. The Kier molecular flexibility index (Phi) is 5.16. The number of aryl methyl sites for hydroxylation is 1. The molecule has 0 saturated carbocycles. The third-order valence-corrected chi connectivity index (χ3v) is 2.93. The van der Waals surface area contributed by atoms with Gasteiger partial charge in [-0.25, -0.2) is 0 Å². The summed E-state index contributed by atoms with van der Waals surface area (Å²) in [6.45, 7) is 1.93. The minimum Gasteiger partial charge on any atom is -0.496 e. The van der Waals surface area contributed by atoms with E-state index in [0.717, 1.165) is 16.9 Å². The van der Waals surface area contributed by atoms with Crippen molar-refractivity contribution in [3.63, 3.8) is 0 Å². The molecule has 100 valence electrons. The van der Waals surface area contributed by atoms with Gasteiger partial charge in [-0.1, -0.05) is 6.07 Å². The first-order valence-corrected chi connectivity index (χ1v) is 5.98. The largest absolute Gasteiger partial charge is 0.496 e. The lowest BCUT2D eigenvalue weighted by Crippen LogP contribution is -2.21. The van der Waals surface area contributed by atoms with Crippen LogP contribution in [0.25, 0.3) is 0 Å². The first kappa shape index (κ1) is 14.5. The van der Waals surface area contributed by atoms with Crippen LogP contribution in [0.15, 0.2) is 18.2 Å². The average molecular weight is 251 g/mol. The quantitative estimate of drug-likeness (QED) is 0.869. The first-order chi connectivity index (χ1) is 8.45. The molecule has 0 fully saturated rings. The summed E-state index contributed by atoms with van der Waals surface area (Å²) in [6, 6.07) is 5.56. The molecular weight excluding hydrogens is 230 g/mol. The van der Waals surface area contributed by atoms with Crippen LogP contribution in [0.5, 0.6) is 5.75 Å². The summed E-state index contributed by atoms with van der Waals surface area (Å²) in [5.74, 6) is 0.828. The van der Waals surface area contributed by atoms with Crippen LogP contribution in [0.3, 0.4) is 0 Å². The molecule has 1 aromatic carbocycles. The number of hydrogen-bond acceptors (Lipinski definition) is 3. The van der Waals surface area contributed by atoms with Crippen LogP contribution in [-0.2, 0) is 4.79 Å². The Morgan fingerprint density at radius 3 is 2.61 bits per heavy atom. The molecule has 4 nitrogen and oxygen atoms in total. The molecule has 0 bridgehead atoms. The molecule has 0 radical (unpaired) electrons. The maximum absolute atomic E-state index is 11.4. The van der Waals surface area contributed by atoms with Crippen molar-refractivity contribution >= 4 is 5.91 Å². The van der Waals surface area contributed by atoms with Crippen molar-refractivity contribution in [3.8, 4) is 5.75 Å². The smallest absolute Gasteiger partial charge is 0.222 e. The molecule has 18 heavy (non-hydrogen) atoms. The Hall–Kier alpha value is -1.55. The van der Waals surface area contributed by atoms with E-state index in [1.54, 1.807) is 21.2 Å². The third kappa shape index (κ3) is 3.74. The number of hydrogen-bond donors (Lipinski definition) is 1. The number of carbonyl (C=O) groups is 1. The zero-order valence-electron chi connectivity index (χ0n) is 11.4. The molecule has 4 heteroatoms. The number of rotatable bonds is 5. The van der Waals surface area contributed by atoms with Crippen LogP contribution in [0.4, 0.5) is 0 Å². The van der Waals surface area contributed by atoms with Gasteiger partial charge in [0.2, 0.25) is 5.91 Å². The van der Waals surface area contributed by atoms with Gasteiger partial charge in [-0.3, -0.25) is 4.79 Å². The van der Waals surface area contributed by atoms with E-state index in [2.05, 4.69) is 0 Å². The second kappa shape index (κ2) is 6.40. The van der Waals surface area contributed by atoms with Gasteiger partial charge in [0.05, 0.1) is 13.2 Å². The van der Waals surface area contributed by atoms with Crippen LogP contribution >= 0.6 is 0 Å². The highest BCUT2D eigenvalue weighted by Gasteiger charge is 2.12. The molecule has 1 aromatic rings. The molecular formula is C14H21NO3. The predicted molar refractivity (Wildman–Crippen MR) is 70.6 cm³/mol. The summed E-state index contributed by atoms with van der Waals surface area (Å²) < 4.78 is 5.17. The van der Waals surface area contributed by atoms with E-state index in [1.165, 1.54) is 4.90 Å². The van der Waals surface area contributed by atoms with Gasteiger partial charge in [-0.05, 0) is 36.6 Å². The van der Waals surface area contributed by atoms with E-state index in [1.807, 2.05) is 25.1 Å². The van der Waals surface area contributed by atoms with E-state index in [9.17, 15) is 9.90 Å². The van der Waals surface area contributed by atoms with Gasteiger partial charge < -0.3 is 14.7 Å². The number of ether oxygens (including phenoxy) is 1. The maximum Gasteiger partial charge on any atom is 0.222 e. The van der Waals surface area contributed by atoms with Gasteiger partial charge in [0.25, 0.3) is 0 Å². The Labute approximate surface area is 108 Å². The fraction of sp³-hybridized carbons (Fsp3) is 0.500.